The maximum absolute atomic E-state index is 8.80. The zero-order valence-electron chi connectivity index (χ0n) is 19.9. The van der Waals surface area contributed by atoms with Crippen molar-refractivity contribution < 1.29 is 9.68 Å². The van der Waals surface area contributed by atoms with Crippen molar-refractivity contribution in [3.8, 4) is 22.6 Å². The molecule has 6 rings (SSSR count). The highest BCUT2D eigenvalue weighted by Gasteiger charge is 2.13. The number of rotatable bonds is 6. The van der Waals surface area contributed by atoms with Crippen LogP contribution < -0.4 is 9.55 Å². The molecule has 0 amide bonds. The Kier molecular flexibility index (Phi) is 5.68. The van der Waals surface area contributed by atoms with Crippen molar-refractivity contribution in [2.75, 3.05) is 11.9 Å². The van der Waals surface area contributed by atoms with Crippen LogP contribution in [0.5, 0.6) is 5.75 Å². The Morgan fingerprint density at radius 2 is 1.25 bits per heavy atom. The van der Waals surface area contributed by atoms with Crippen molar-refractivity contribution >= 4 is 40.9 Å². The van der Waals surface area contributed by atoms with Crippen molar-refractivity contribution in [1.29, 1.82) is 0 Å². The molecule has 0 bridgehead atoms. The second kappa shape index (κ2) is 9.29. The van der Waals surface area contributed by atoms with Crippen LogP contribution in [0.1, 0.15) is 0 Å². The summed E-state index contributed by atoms with van der Waals surface area (Å²) in [5.74, 6) is 0.592. The van der Waals surface area contributed by atoms with Crippen molar-refractivity contribution in [1.82, 2.24) is 4.57 Å². The lowest BCUT2D eigenvalue weighted by Gasteiger charge is -2.20. The lowest BCUT2D eigenvalue weighted by atomic mass is 10.0. The van der Waals surface area contributed by atoms with Gasteiger partial charge in [0, 0.05) is 34.9 Å². The van der Waals surface area contributed by atoms with E-state index in [1.165, 1.54) is 32.9 Å². The Labute approximate surface area is 210 Å². The Bertz CT molecular complexity index is 1640. The molecular formula is C31H24BN2O2. The predicted octanol–water partition coefficient (Wildman–Crippen LogP) is 7.12. The van der Waals surface area contributed by atoms with Crippen LogP contribution >= 0.6 is 0 Å². The maximum Gasteiger partial charge on any atom is 0.569 e. The summed E-state index contributed by atoms with van der Waals surface area (Å²) in [6.07, 6.45) is 0. The second-order valence-electron chi connectivity index (χ2n) is 8.74. The van der Waals surface area contributed by atoms with E-state index < -0.39 is 0 Å². The number of benzene rings is 5. The van der Waals surface area contributed by atoms with Gasteiger partial charge in [0.15, 0.2) is 0 Å². The second-order valence-corrected chi connectivity index (χ2v) is 8.74. The zero-order chi connectivity index (χ0) is 24.5. The average Bonchev–Trinajstić information content (AvgIpc) is 3.27. The van der Waals surface area contributed by atoms with Crippen LogP contribution in [0.15, 0.2) is 121 Å². The van der Waals surface area contributed by atoms with E-state index in [1.807, 2.05) is 31.3 Å². The van der Waals surface area contributed by atoms with Gasteiger partial charge in [-0.2, -0.15) is 0 Å². The van der Waals surface area contributed by atoms with Gasteiger partial charge in [0.2, 0.25) is 0 Å². The predicted molar refractivity (Wildman–Crippen MR) is 149 cm³/mol. The maximum atomic E-state index is 8.80. The van der Waals surface area contributed by atoms with Crippen molar-refractivity contribution in [2.24, 2.45) is 0 Å². The third-order valence-electron chi connectivity index (χ3n) is 6.69. The number of fused-ring (bicyclic) bond motifs is 3. The molecule has 5 heteroatoms. The number of anilines is 2. The minimum Gasteiger partial charge on any atom is -0.537 e. The van der Waals surface area contributed by atoms with E-state index in [2.05, 4.69) is 107 Å². The molecule has 0 fully saturated rings. The SMILES string of the molecule is CN(c1ccc(O[B]O)cc1)c1ccc(-c2ccc3c(c2)c2ccccc2n3-c2ccccc2)cc1. The molecule has 0 spiro atoms. The highest BCUT2D eigenvalue weighted by Crippen LogP contribution is 2.35. The fraction of sp³-hybridized carbons (Fsp3) is 0.0323. The quantitative estimate of drug-likeness (QED) is 0.265. The third kappa shape index (κ3) is 3.90. The van der Waals surface area contributed by atoms with E-state index in [-0.39, 0.29) is 0 Å². The van der Waals surface area contributed by atoms with Crippen LogP contribution in [0.25, 0.3) is 38.6 Å². The minimum atomic E-state index is 0.592. The van der Waals surface area contributed by atoms with Crippen LogP contribution in [0.3, 0.4) is 0 Å². The fourth-order valence-electron chi connectivity index (χ4n) is 4.84. The molecule has 173 valence electrons. The van der Waals surface area contributed by atoms with E-state index in [0.717, 1.165) is 17.1 Å². The van der Waals surface area contributed by atoms with Gasteiger partial charge in [0.1, 0.15) is 5.75 Å². The minimum absolute atomic E-state index is 0.592. The first-order valence-electron chi connectivity index (χ1n) is 11.9. The summed E-state index contributed by atoms with van der Waals surface area (Å²) >= 11 is 0. The summed E-state index contributed by atoms with van der Waals surface area (Å²) in [7, 11) is 2.72. The third-order valence-corrected chi connectivity index (χ3v) is 6.69. The first-order chi connectivity index (χ1) is 17.7. The molecule has 1 radical (unpaired) electrons. The molecule has 0 aliphatic heterocycles. The van der Waals surface area contributed by atoms with Gasteiger partial charge in [-0.1, -0.05) is 54.6 Å². The molecule has 0 aliphatic rings. The van der Waals surface area contributed by atoms with Gasteiger partial charge in [-0.3, -0.25) is 0 Å². The molecule has 1 aromatic heterocycles. The van der Waals surface area contributed by atoms with E-state index in [9.17, 15) is 0 Å². The standard InChI is InChI=1S/C31H24BN2O2/c1-33(25-16-18-27(19-17-25)36-32-35)24-14-11-22(12-15-24)23-13-20-31-29(21-23)28-9-5-6-10-30(28)34(31)26-7-3-2-4-8-26/h2-21,35H,1H3. The summed E-state index contributed by atoms with van der Waals surface area (Å²) < 4.78 is 7.34. The van der Waals surface area contributed by atoms with Crippen LogP contribution in [0.4, 0.5) is 11.4 Å². The molecule has 0 saturated heterocycles. The summed E-state index contributed by atoms with van der Waals surface area (Å²) in [5, 5.41) is 11.3. The average molecular weight is 467 g/mol. The number of hydrogen-bond donors (Lipinski definition) is 1. The molecule has 0 saturated carbocycles. The van der Waals surface area contributed by atoms with E-state index in [1.54, 1.807) is 0 Å². The normalized spacial score (nSPS) is 11.1. The van der Waals surface area contributed by atoms with Crippen LogP contribution in [0, 0.1) is 0 Å². The van der Waals surface area contributed by atoms with Gasteiger partial charge in [0.25, 0.3) is 0 Å². The van der Waals surface area contributed by atoms with Crippen molar-refractivity contribution in [3.05, 3.63) is 121 Å². The number of hydrogen-bond acceptors (Lipinski definition) is 3. The van der Waals surface area contributed by atoms with E-state index >= 15 is 0 Å². The van der Waals surface area contributed by atoms with Gasteiger partial charge < -0.3 is 19.1 Å². The Morgan fingerprint density at radius 3 is 1.97 bits per heavy atom. The number of para-hydroxylation sites is 2. The highest BCUT2D eigenvalue weighted by atomic mass is 16.5. The summed E-state index contributed by atoms with van der Waals surface area (Å²) in [6, 6.07) is 42.0. The topological polar surface area (TPSA) is 37.6 Å². The van der Waals surface area contributed by atoms with E-state index in [0.29, 0.717) is 13.4 Å². The fourth-order valence-corrected chi connectivity index (χ4v) is 4.84. The molecule has 5 aromatic carbocycles. The molecular weight excluding hydrogens is 443 g/mol. The van der Waals surface area contributed by atoms with Gasteiger partial charge in [-0.25, -0.2) is 0 Å². The molecule has 1 heterocycles. The highest BCUT2D eigenvalue weighted by molar-refractivity contribution is 6.17. The lowest BCUT2D eigenvalue weighted by Crippen LogP contribution is -2.09. The molecule has 1 N–H and O–H groups in total. The molecule has 0 unspecified atom stereocenters. The molecule has 6 aromatic rings. The zero-order valence-corrected chi connectivity index (χ0v) is 19.9. The first-order valence-corrected chi connectivity index (χ1v) is 11.9. The Morgan fingerprint density at radius 1 is 0.639 bits per heavy atom. The Balaban J connectivity index is 1.36. The van der Waals surface area contributed by atoms with Crippen LogP contribution in [0.2, 0.25) is 0 Å². The van der Waals surface area contributed by atoms with E-state index in [4.69, 9.17) is 9.68 Å². The Hall–Kier alpha value is -4.48. The molecule has 36 heavy (non-hydrogen) atoms. The number of aromatic nitrogens is 1. The summed E-state index contributed by atoms with van der Waals surface area (Å²) in [5.41, 5.74) is 8.06. The molecule has 0 aliphatic carbocycles. The van der Waals surface area contributed by atoms with Crippen LogP contribution in [-0.2, 0) is 0 Å². The first kappa shape index (κ1) is 22.0. The summed E-state index contributed by atoms with van der Waals surface area (Å²) in [4.78, 5) is 2.12. The van der Waals surface area contributed by atoms with Gasteiger partial charge in [0.05, 0.1) is 11.0 Å². The van der Waals surface area contributed by atoms with Gasteiger partial charge in [-0.05, 0) is 77.9 Å². The molecule has 4 nitrogen and oxygen atoms in total. The number of nitrogens with zero attached hydrogens (tertiary/aromatic N) is 2. The largest absolute Gasteiger partial charge is 0.569 e. The van der Waals surface area contributed by atoms with Crippen LogP contribution in [-0.4, -0.2) is 24.3 Å². The van der Waals surface area contributed by atoms with Crippen molar-refractivity contribution in [3.63, 3.8) is 0 Å². The van der Waals surface area contributed by atoms with Gasteiger partial charge in [-0.15, -0.1) is 0 Å². The van der Waals surface area contributed by atoms with Crippen molar-refractivity contribution in [2.45, 2.75) is 0 Å². The summed E-state index contributed by atoms with van der Waals surface area (Å²) in [6.45, 7) is 0. The lowest BCUT2D eigenvalue weighted by molar-refractivity contribution is 0.454. The molecule has 0 atom stereocenters. The monoisotopic (exact) mass is 467 g/mol. The van der Waals surface area contributed by atoms with Gasteiger partial charge >= 0.3 is 7.69 Å². The smallest absolute Gasteiger partial charge is 0.537 e.